The SMILES string of the molecule is O=C(CNc1cccnc1)NCCCn1ccc2ccccc21. The van der Waals surface area contributed by atoms with Crippen LogP contribution in [0.5, 0.6) is 0 Å². The van der Waals surface area contributed by atoms with Crippen molar-refractivity contribution in [3.8, 4) is 0 Å². The van der Waals surface area contributed by atoms with Crippen molar-refractivity contribution in [2.75, 3.05) is 18.4 Å². The Morgan fingerprint density at radius 1 is 1.13 bits per heavy atom. The van der Waals surface area contributed by atoms with Crippen LogP contribution in [-0.2, 0) is 11.3 Å². The van der Waals surface area contributed by atoms with Crippen molar-refractivity contribution in [1.29, 1.82) is 0 Å². The zero-order valence-corrected chi connectivity index (χ0v) is 12.9. The van der Waals surface area contributed by atoms with Gasteiger partial charge < -0.3 is 15.2 Å². The normalized spacial score (nSPS) is 10.6. The third-order valence-electron chi connectivity index (χ3n) is 3.69. The number of hydrogen-bond donors (Lipinski definition) is 2. The number of carbonyl (C=O) groups excluding carboxylic acids is 1. The van der Waals surface area contributed by atoms with E-state index in [1.54, 1.807) is 12.4 Å². The van der Waals surface area contributed by atoms with Gasteiger partial charge in [0.1, 0.15) is 0 Å². The molecule has 0 aliphatic rings. The van der Waals surface area contributed by atoms with Gasteiger partial charge in [0.25, 0.3) is 0 Å². The Hall–Kier alpha value is -2.82. The molecule has 0 atom stereocenters. The number of nitrogens with one attached hydrogen (secondary N) is 2. The van der Waals surface area contributed by atoms with Gasteiger partial charge in [-0.25, -0.2) is 0 Å². The van der Waals surface area contributed by atoms with Gasteiger partial charge in [-0.15, -0.1) is 0 Å². The van der Waals surface area contributed by atoms with E-state index < -0.39 is 0 Å². The second kappa shape index (κ2) is 7.45. The number of aryl methyl sites for hydroxylation is 1. The fourth-order valence-electron chi connectivity index (χ4n) is 2.52. The lowest BCUT2D eigenvalue weighted by molar-refractivity contribution is -0.119. The smallest absolute Gasteiger partial charge is 0.239 e. The van der Waals surface area contributed by atoms with Crippen molar-refractivity contribution in [3.63, 3.8) is 0 Å². The predicted molar refractivity (Wildman–Crippen MR) is 92.3 cm³/mol. The first-order valence-electron chi connectivity index (χ1n) is 7.77. The van der Waals surface area contributed by atoms with Gasteiger partial charge in [-0.05, 0) is 36.1 Å². The highest BCUT2D eigenvalue weighted by Gasteiger charge is 2.02. The summed E-state index contributed by atoms with van der Waals surface area (Å²) in [5.74, 6) is -0.00813. The van der Waals surface area contributed by atoms with Crippen LogP contribution >= 0.6 is 0 Å². The number of nitrogens with zero attached hydrogens (tertiary/aromatic N) is 2. The average Bonchev–Trinajstić information content (AvgIpc) is 3.01. The van der Waals surface area contributed by atoms with E-state index in [0.717, 1.165) is 18.7 Å². The first kappa shape index (κ1) is 15.1. The molecule has 5 nitrogen and oxygen atoms in total. The molecule has 5 heteroatoms. The summed E-state index contributed by atoms with van der Waals surface area (Å²) in [7, 11) is 0. The lowest BCUT2D eigenvalue weighted by Crippen LogP contribution is -2.31. The fraction of sp³-hybridized carbons (Fsp3) is 0.222. The van der Waals surface area contributed by atoms with Crippen LogP contribution in [0.2, 0.25) is 0 Å². The van der Waals surface area contributed by atoms with Gasteiger partial charge in [0.2, 0.25) is 5.91 Å². The van der Waals surface area contributed by atoms with Gasteiger partial charge in [0, 0.05) is 37.2 Å². The van der Waals surface area contributed by atoms with E-state index in [1.165, 1.54) is 10.9 Å². The van der Waals surface area contributed by atoms with Gasteiger partial charge in [0.05, 0.1) is 12.2 Å². The molecule has 0 aliphatic carbocycles. The molecule has 0 bridgehead atoms. The largest absolute Gasteiger partial charge is 0.375 e. The number of anilines is 1. The lowest BCUT2D eigenvalue weighted by atomic mass is 10.2. The molecule has 2 N–H and O–H groups in total. The van der Waals surface area contributed by atoms with Gasteiger partial charge in [-0.2, -0.15) is 0 Å². The Morgan fingerprint density at radius 3 is 2.91 bits per heavy atom. The first-order valence-corrected chi connectivity index (χ1v) is 7.77. The number of aromatic nitrogens is 2. The number of amides is 1. The molecule has 0 spiro atoms. The maximum Gasteiger partial charge on any atom is 0.239 e. The zero-order valence-electron chi connectivity index (χ0n) is 12.9. The van der Waals surface area contributed by atoms with E-state index in [9.17, 15) is 4.79 Å². The first-order chi connectivity index (χ1) is 11.3. The minimum absolute atomic E-state index is 0.00813. The van der Waals surface area contributed by atoms with E-state index in [2.05, 4.69) is 44.6 Å². The Labute approximate surface area is 135 Å². The fourth-order valence-corrected chi connectivity index (χ4v) is 2.52. The topological polar surface area (TPSA) is 59.0 Å². The monoisotopic (exact) mass is 308 g/mol. The minimum atomic E-state index is -0.00813. The molecule has 0 fully saturated rings. The molecule has 2 aromatic heterocycles. The van der Waals surface area contributed by atoms with E-state index >= 15 is 0 Å². The summed E-state index contributed by atoms with van der Waals surface area (Å²) in [6.07, 6.45) is 6.40. The number of benzene rings is 1. The van der Waals surface area contributed by atoms with E-state index in [0.29, 0.717) is 6.54 Å². The molecular weight excluding hydrogens is 288 g/mol. The molecule has 23 heavy (non-hydrogen) atoms. The summed E-state index contributed by atoms with van der Waals surface area (Å²) in [5, 5.41) is 7.22. The Kier molecular flexibility index (Phi) is 4.88. The van der Waals surface area contributed by atoms with Crippen molar-refractivity contribution < 1.29 is 4.79 Å². The van der Waals surface area contributed by atoms with Crippen molar-refractivity contribution in [3.05, 3.63) is 61.1 Å². The van der Waals surface area contributed by atoms with Gasteiger partial charge in [-0.1, -0.05) is 18.2 Å². The summed E-state index contributed by atoms with van der Waals surface area (Å²) in [6, 6.07) is 14.2. The van der Waals surface area contributed by atoms with Crippen molar-refractivity contribution >= 4 is 22.5 Å². The van der Waals surface area contributed by atoms with Crippen LogP contribution in [-0.4, -0.2) is 28.5 Å². The molecule has 2 heterocycles. The van der Waals surface area contributed by atoms with Crippen LogP contribution in [0.3, 0.4) is 0 Å². The molecule has 0 saturated heterocycles. The zero-order chi connectivity index (χ0) is 15.9. The highest BCUT2D eigenvalue weighted by Crippen LogP contribution is 2.15. The molecule has 0 saturated carbocycles. The van der Waals surface area contributed by atoms with E-state index in [-0.39, 0.29) is 12.5 Å². The number of pyridine rings is 1. The van der Waals surface area contributed by atoms with Crippen LogP contribution in [0.1, 0.15) is 6.42 Å². The quantitative estimate of drug-likeness (QED) is 0.660. The number of para-hydroxylation sites is 1. The average molecular weight is 308 g/mol. The maximum absolute atomic E-state index is 11.8. The lowest BCUT2D eigenvalue weighted by Gasteiger charge is -2.08. The molecule has 0 unspecified atom stereocenters. The molecule has 3 aromatic rings. The standard InChI is InChI=1S/C18H20N4O/c23-18(14-21-16-6-3-9-19-13-16)20-10-4-11-22-12-8-15-5-1-2-7-17(15)22/h1-3,5-9,12-13,21H,4,10-11,14H2,(H,20,23). The minimum Gasteiger partial charge on any atom is -0.375 e. The summed E-state index contributed by atoms with van der Waals surface area (Å²) >= 11 is 0. The molecule has 1 aromatic carbocycles. The number of hydrogen-bond acceptors (Lipinski definition) is 3. The third kappa shape index (κ3) is 4.10. The maximum atomic E-state index is 11.8. The summed E-state index contributed by atoms with van der Waals surface area (Å²) < 4.78 is 2.22. The Morgan fingerprint density at radius 2 is 2.04 bits per heavy atom. The van der Waals surface area contributed by atoms with Crippen molar-refractivity contribution in [1.82, 2.24) is 14.9 Å². The van der Waals surface area contributed by atoms with Crippen LogP contribution < -0.4 is 10.6 Å². The third-order valence-corrected chi connectivity index (χ3v) is 3.69. The Balaban J connectivity index is 1.39. The number of rotatable bonds is 7. The highest BCUT2D eigenvalue weighted by molar-refractivity contribution is 5.81. The summed E-state index contributed by atoms with van der Waals surface area (Å²) in [6.45, 7) is 1.82. The van der Waals surface area contributed by atoms with Crippen molar-refractivity contribution in [2.45, 2.75) is 13.0 Å². The van der Waals surface area contributed by atoms with Crippen LogP contribution in [0.25, 0.3) is 10.9 Å². The van der Waals surface area contributed by atoms with E-state index in [1.807, 2.05) is 24.3 Å². The second-order valence-electron chi connectivity index (χ2n) is 5.37. The molecule has 118 valence electrons. The molecule has 1 amide bonds. The summed E-state index contributed by atoms with van der Waals surface area (Å²) in [5.41, 5.74) is 2.08. The predicted octanol–water partition coefficient (Wildman–Crippen LogP) is 2.65. The van der Waals surface area contributed by atoms with Crippen LogP contribution in [0, 0.1) is 0 Å². The van der Waals surface area contributed by atoms with Crippen molar-refractivity contribution in [2.24, 2.45) is 0 Å². The highest BCUT2D eigenvalue weighted by atomic mass is 16.1. The number of carbonyl (C=O) groups is 1. The van der Waals surface area contributed by atoms with Crippen LogP contribution in [0.15, 0.2) is 61.1 Å². The van der Waals surface area contributed by atoms with Gasteiger partial charge >= 0.3 is 0 Å². The molecule has 0 radical (unpaired) electrons. The number of fused-ring (bicyclic) bond motifs is 1. The molecule has 0 aliphatic heterocycles. The second-order valence-corrected chi connectivity index (χ2v) is 5.37. The Bertz CT molecular complexity index is 767. The van der Waals surface area contributed by atoms with E-state index in [4.69, 9.17) is 0 Å². The summed E-state index contributed by atoms with van der Waals surface area (Å²) in [4.78, 5) is 15.8. The van der Waals surface area contributed by atoms with Crippen LogP contribution in [0.4, 0.5) is 5.69 Å². The molecular formula is C18H20N4O. The van der Waals surface area contributed by atoms with Gasteiger partial charge in [0.15, 0.2) is 0 Å². The molecule has 3 rings (SSSR count). The van der Waals surface area contributed by atoms with Gasteiger partial charge in [-0.3, -0.25) is 9.78 Å².